The van der Waals surface area contributed by atoms with Crippen LogP contribution in [0.3, 0.4) is 0 Å². The molecule has 1 aliphatic carbocycles. The lowest BCUT2D eigenvalue weighted by Crippen LogP contribution is -2.17. The molecule has 0 spiro atoms. The number of thiophene rings is 1. The standard InChI is InChI=1S/C67H47NS/c1-67(2)59-34-17-30-53(45-21-8-4-9-22-45)65(59)58-42-41-50(43-60(58)67)68(49-39-37-46(38-40-49)52-29-15-26-47-25-14-28-51(63(47)52)44-19-6-3-7-20-44)61-35-18-31-55(64(61)48-23-10-5-11-24-48)57-33-16-32-56-54-27-12-13-36-62(54)69-66(56)57/h3-43H,1-2H3/i4D,8D,9D,17D,21D,22D,30D,34D,41D,42D,43D. The lowest BCUT2D eigenvalue weighted by molar-refractivity contribution is 0.660. The average Bonchev–Trinajstić information content (AvgIpc) is 4.04. The average molecular weight is 909 g/mol. The van der Waals surface area contributed by atoms with Crippen LogP contribution in [0.2, 0.25) is 0 Å². The van der Waals surface area contributed by atoms with Gasteiger partial charge in [-0.2, -0.15) is 0 Å². The molecule has 1 nitrogen and oxygen atoms in total. The van der Waals surface area contributed by atoms with Crippen molar-refractivity contribution in [3.8, 4) is 66.8 Å². The quantitative estimate of drug-likeness (QED) is 0.147. The summed E-state index contributed by atoms with van der Waals surface area (Å²) in [5.74, 6) is 0. The summed E-state index contributed by atoms with van der Waals surface area (Å²) < 4.78 is 105. The van der Waals surface area contributed by atoms with Crippen molar-refractivity contribution in [2.75, 3.05) is 4.90 Å². The molecule has 0 radical (unpaired) electrons. The molecule has 1 heterocycles. The minimum Gasteiger partial charge on any atom is -0.310 e. The minimum atomic E-state index is -1.34. The highest BCUT2D eigenvalue weighted by Crippen LogP contribution is 2.55. The van der Waals surface area contributed by atoms with E-state index in [2.05, 4.69) is 103 Å². The zero-order chi connectivity index (χ0) is 55.6. The van der Waals surface area contributed by atoms with Gasteiger partial charge >= 0.3 is 0 Å². The van der Waals surface area contributed by atoms with Crippen molar-refractivity contribution >= 4 is 59.3 Å². The van der Waals surface area contributed by atoms with Gasteiger partial charge in [-0.3, -0.25) is 0 Å². The zero-order valence-corrected chi connectivity index (χ0v) is 38.5. The van der Waals surface area contributed by atoms with Crippen molar-refractivity contribution in [1.29, 1.82) is 0 Å². The van der Waals surface area contributed by atoms with Crippen LogP contribution in [0.5, 0.6) is 0 Å². The van der Waals surface area contributed by atoms with Gasteiger partial charge in [-0.15, -0.1) is 11.3 Å². The summed E-state index contributed by atoms with van der Waals surface area (Å²) in [6.45, 7) is 3.56. The van der Waals surface area contributed by atoms with Gasteiger partial charge in [0.05, 0.1) is 20.8 Å². The Morgan fingerprint density at radius 2 is 1.04 bits per heavy atom. The molecule has 0 saturated carbocycles. The number of nitrogens with zero attached hydrogens (tertiary/aromatic N) is 1. The third-order valence-corrected chi connectivity index (χ3v) is 14.8. The van der Waals surface area contributed by atoms with E-state index in [9.17, 15) is 6.85 Å². The van der Waals surface area contributed by atoms with Crippen molar-refractivity contribution in [3.63, 3.8) is 0 Å². The molecule has 1 aromatic heterocycles. The number of rotatable bonds is 8. The Balaban J connectivity index is 1.11. The van der Waals surface area contributed by atoms with Gasteiger partial charge in [0.2, 0.25) is 0 Å². The predicted octanol–water partition coefficient (Wildman–Crippen LogP) is 19.3. The highest BCUT2D eigenvalue weighted by molar-refractivity contribution is 7.26. The molecule has 1 aliphatic rings. The molecule has 0 unspecified atom stereocenters. The normalized spacial score (nSPS) is 14.8. The van der Waals surface area contributed by atoms with E-state index < -0.39 is 47.7 Å². The SMILES string of the molecule is [2H]c1c([2H])c([2H])c(-c2c([2H])c([2H])c([2H])c3c2-c2c([2H])c([2H])c(N(c4ccc(-c5cccc6cccc(-c7ccccc7)c56)cc4)c4cccc(-c5cccc6c5sc5ccccc56)c4-c4ccccc4)c([2H])c2C3(C)C)c([2H])c1[2H]. The van der Waals surface area contributed by atoms with Gasteiger partial charge in [0.25, 0.3) is 0 Å². The molecule has 13 rings (SSSR count). The molecular weight excluding hydrogens is 851 g/mol. The Morgan fingerprint density at radius 1 is 0.406 bits per heavy atom. The molecule has 0 amide bonds. The number of hydrogen-bond acceptors (Lipinski definition) is 2. The molecule has 69 heavy (non-hydrogen) atoms. The van der Waals surface area contributed by atoms with Gasteiger partial charge in [0, 0.05) is 48.1 Å². The third-order valence-electron chi connectivity index (χ3n) is 13.6. The summed E-state index contributed by atoms with van der Waals surface area (Å²) in [5.41, 5.74) is 7.56. The molecular formula is C67H47NS. The van der Waals surface area contributed by atoms with Gasteiger partial charge in [0.15, 0.2) is 0 Å². The molecule has 0 aliphatic heterocycles. The highest BCUT2D eigenvalue weighted by Gasteiger charge is 2.38. The summed E-state index contributed by atoms with van der Waals surface area (Å²) in [6.07, 6.45) is 0. The molecule has 11 aromatic carbocycles. The summed E-state index contributed by atoms with van der Waals surface area (Å²) in [5, 5.41) is 4.44. The molecule has 326 valence electrons. The van der Waals surface area contributed by atoms with Crippen LogP contribution in [-0.4, -0.2) is 0 Å². The second-order valence-corrected chi connectivity index (χ2v) is 19.0. The van der Waals surface area contributed by atoms with Crippen LogP contribution in [0.1, 0.15) is 40.1 Å². The van der Waals surface area contributed by atoms with Gasteiger partial charge in [-0.05, 0) is 114 Å². The van der Waals surface area contributed by atoms with Crippen LogP contribution >= 0.6 is 11.3 Å². The third kappa shape index (κ3) is 6.74. The smallest absolute Gasteiger partial charge is 0.0648 e. The Kier molecular flexibility index (Phi) is 7.38. The largest absolute Gasteiger partial charge is 0.310 e. The van der Waals surface area contributed by atoms with Gasteiger partial charge in [-0.1, -0.05) is 226 Å². The molecule has 0 bridgehead atoms. The summed E-state index contributed by atoms with van der Waals surface area (Å²) in [4.78, 5) is 1.89. The first-order valence-corrected chi connectivity index (χ1v) is 23.8. The van der Waals surface area contributed by atoms with Gasteiger partial charge < -0.3 is 4.90 Å². The lowest BCUT2D eigenvalue weighted by atomic mass is 9.81. The van der Waals surface area contributed by atoms with E-state index in [1.165, 1.54) is 0 Å². The lowest BCUT2D eigenvalue weighted by Gasteiger charge is -2.31. The van der Waals surface area contributed by atoms with Gasteiger partial charge in [-0.25, -0.2) is 0 Å². The Bertz CT molecular complexity index is 4540. The van der Waals surface area contributed by atoms with E-state index >= 15 is 0 Å². The second-order valence-electron chi connectivity index (χ2n) is 17.9. The van der Waals surface area contributed by atoms with Crippen molar-refractivity contribution in [2.24, 2.45) is 0 Å². The minimum absolute atomic E-state index is 0.0392. The first-order valence-electron chi connectivity index (χ1n) is 28.5. The van der Waals surface area contributed by atoms with Crippen molar-refractivity contribution < 1.29 is 15.1 Å². The van der Waals surface area contributed by atoms with E-state index in [4.69, 9.17) is 8.22 Å². The van der Waals surface area contributed by atoms with Crippen LogP contribution in [0, 0.1) is 0 Å². The molecule has 2 heteroatoms. The van der Waals surface area contributed by atoms with Gasteiger partial charge in [0.1, 0.15) is 0 Å². The molecule has 12 aromatic rings. The Morgan fingerprint density at radius 3 is 1.81 bits per heavy atom. The fraction of sp³-hybridized carbons (Fsp3) is 0.0448. The van der Waals surface area contributed by atoms with E-state index in [1.54, 1.807) is 25.2 Å². The maximum absolute atomic E-state index is 10.6. The van der Waals surface area contributed by atoms with Crippen molar-refractivity contribution in [3.05, 3.63) is 260 Å². The number of fused-ring (bicyclic) bond motifs is 7. The Hall–Kier alpha value is -8.30. The van der Waals surface area contributed by atoms with Crippen LogP contribution in [0.25, 0.3) is 97.7 Å². The van der Waals surface area contributed by atoms with Crippen LogP contribution in [-0.2, 0) is 5.41 Å². The predicted molar refractivity (Wildman–Crippen MR) is 296 cm³/mol. The summed E-state index contributed by atoms with van der Waals surface area (Å²) >= 11 is 1.72. The fourth-order valence-corrected chi connectivity index (χ4v) is 11.6. The Labute approximate surface area is 423 Å². The maximum Gasteiger partial charge on any atom is 0.0648 e. The van der Waals surface area contributed by atoms with E-state index in [1.807, 2.05) is 83.8 Å². The summed E-state index contributed by atoms with van der Waals surface area (Å²) in [7, 11) is 0. The molecule has 0 N–H and O–H groups in total. The summed E-state index contributed by atoms with van der Waals surface area (Å²) in [6, 6.07) is 56.4. The zero-order valence-electron chi connectivity index (χ0n) is 48.7. The monoisotopic (exact) mass is 908 g/mol. The van der Waals surface area contributed by atoms with Crippen LogP contribution < -0.4 is 4.90 Å². The van der Waals surface area contributed by atoms with Crippen LogP contribution in [0.4, 0.5) is 17.1 Å². The number of anilines is 3. The topological polar surface area (TPSA) is 3.24 Å². The second kappa shape index (κ2) is 16.5. The first-order chi connectivity index (χ1) is 38.6. The van der Waals surface area contributed by atoms with Crippen molar-refractivity contribution in [2.45, 2.75) is 19.3 Å². The molecule has 0 saturated heterocycles. The number of hydrogen-bond donors (Lipinski definition) is 0. The molecule has 0 fully saturated rings. The fourth-order valence-electron chi connectivity index (χ4n) is 10.4. The van der Waals surface area contributed by atoms with E-state index in [0.717, 1.165) is 75.5 Å². The first kappa shape index (κ1) is 30.9. The van der Waals surface area contributed by atoms with E-state index in [0.29, 0.717) is 11.4 Å². The number of benzene rings is 11. The van der Waals surface area contributed by atoms with E-state index in [-0.39, 0.29) is 63.2 Å². The molecule has 0 atom stereocenters. The van der Waals surface area contributed by atoms with Crippen LogP contribution in [0.15, 0.2) is 248 Å². The van der Waals surface area contributed by atoms with Crippen molar-refractivity contribution in [1.82, 2.24) is 0 Å². The highest BCUT2D eigenvalue weighted by atomic mass is 32.1. The maximum atomic E-state index is 10.6.